The Morgan fingerprint density at radius 1 is 1.21 bits per heavy atom. The molecule has 1 amide bonds. The maximum absolute atomic E-state index is 15.5. The quantitative estimate of drug-likeness (QED) is 0.281. The van der Waals surface area contributed by atoms with E-state index in [-0.39, 0.29) is 29.2 Å². The lowest BCUT2D eigenvalue weighted by Gasteiger charge is -2.28. The second-order valence-electron chi connectivity index (χ2n) is 11.5. The van der Waals surface area contributed by atoms with Gasteiger partial charge < -0.3 is 24.6 Å². The molecular formula is C32H35FN4O6. The van der Waals surface area contributed by atoms with E-state index in [0.717, 1.165) is 17.5 Å². The van der Waals surface area contributed by atoms with Crippen LogP contribution in [0.3, 0.4) is 0 Å². The third-order valence-electron chi connectivity index (χ3n) is 7.30. The number of hydrogen-bond acceptors (Lipinski definition) is 7. The van der Waals surface area contributed by atoms with Crippen LogP contribution in [0.2, 0.25) is 0 Å². The summed E-state index contributed by atoms with van der Waals surface area (Å²) in [5.41, 5.74) is 3.09. The third kappa shape index (κ3) is 6.03. The number of hydrogen-bond donors (Lipinski definition) is 2. The molecule has 0 aliphatic carbocycles. The number of amides is 1. The fraction of sp³-hybridized carbons (Fsp3) is 0.375. The number of nitrogens with zero attached hydrogens (tertiary/aromatic N) is 3. The number of fused-ring (bicyclic) bond motifs is 2. The van der Waals surface area contributed by atoms with E-state index in [0.29, 0.717) is 41.2 Å². The molecule has 0 radical (unpaired) electrons. The lowest BCUT2D eigenvalue weighted by Crippen LogP contribution is -2.29. The van der Waals surface area contributed by atoms with Gasteiger partial charge in [-0.05, 0) is 76.8 Å². The molecule has 5 rings (SSSR count). The Labute approximate surface area is 248 Å². The van der Waals surface area contributed by atoms with E-state index >= 15 is 4.39 Å². The summed E-state index contributed by atoms with van der Waals surface area (Å²) in [4.78, 5) is 30.5. The second kappa shape index (κ2) is 11.6. The standard InChI is InChI=1S/C32H35FN4O6/c1-17-21-11-8-12-42-28(21)23(33)14-22(17)27-26(29(31(39)40)43-32(3,4)5)18(2)35-25-15-24(36-37(25)27)30(38)34-16-19-9-7-10-20(13-19)41-6/h7,9-10,13-15,29H,8,11-12,16H2,1-6H3,(H,34,38)(H,39,40)/t29-/m0/s1. The molecule has 3 heterocycles. The van der Waals surface area contributed by atoms with Crippen molar-refractivity contribution in [3.05, 3.63) is 75.9 Å². The lowest BCUT2D eigenvalue weighted by molar-refractivity contribution is -0.160. The van der Waals surface area contributed by atoms with Crippen LogP contribution >= 0.6 is 0 Å². The van der Waals surface area contributed by atoms with Gasteiger partial charge in [-0.3, -0.25) is 4.79 Å². The number of carboxylic acids is 1. The summed E-state index contributed by atoms with van der Waals surface area (Å²) in [5, 5.41) is 17.8. The molecule has 0 saturated heterocycles. The number of carbonyl (C=O) groups excluding carboxylic acids is 1. The highest BCUT2D eigenvalue weighted by Crippen LogP contribution is 2.41. The van der Waals surface area contributed by atoms with E-state index in [2.05, 4.69) is 15.4 Å². The topological polar surface area (TPSA) is 124 Å². The van der Waals surface area contributed by atoms with Crippen molar-refractivity contribution < 1.29 is 33.3 Å². The molecular weight excluding hydrogens is 555 g/mol. The van der Waals surface area contributed by atoms with Crippen LogP contribution in [0.1, 0.15) is 71.7 Å². The number of aromatic nitrogens is 3. The Morgan fingerprint density at radius 3 is 2.67 bits per heavy atom. The van der Waals surface area contributed by atoms with E-state index in [1.54, 1.807) is 34.8 Å². The summed E-state index contributed by atoms with van der Waals surface area (Å²) < 4.78 is 33.9. The van der Waals surface area contributed by atoms with Gasteiger partial charge in [0.2, 0.25) is 0 Å². The minimum absolute atomic E-state index is 0.0660. The molecule has 10 nitrogen and oxygen atoms in total. The van der Waals surface area contributed by atoms with E-state index in [1.807, 2.05) is 31.2 Å². The first-order valence-corrected chi connectivity index (χ1v) is 14.0. The molecule has 1 atom stereocenters. The van der Waals surface area contributed by atoms with Crippen LogP contribution in [-0.4, -0.2) is 50.9 Å². The van der Waals surface area contributed by atoms with Crippen molar-refractivity contribution in [3.8, 4) is 22.8 Å². The molecule has 2 N–H and O–H groups in total. The van der Waals surface area contributed by atoms with Crippen molar-refractivity contribution in [2.45, 2.75) is 65.7 Å². The molecule has 11 heteroatoms. The molecule has 0 spiro atoms. The van der Waals surface area contributed by atoms with E-state index in [9.17, 15) is 14.7 Å². The van der Waals surface area contributed by atoms with Gasteiger partial charge in [0.15, 0.2) is 29.0 Å². The predicted octanol–water partition coefficient (Wildman–Crippen LogP) is 5.36. The van der Waals surface area contributed by atoms with Gasteiger partial charge in [0.25, 0.3) is 5.91 Å². The van der Waals surface area contributed by atoms with Crippen LogP contribution in [0.4, 0.5) is 4.39 Å². The van der Waals surface area contributed by atoms with Crippen LogP contribution in [0.15, 0.2) is 36.4 Å². The van der Waals surface area contributed by atoms with Crippen molar-refractivity contribution in [2.24, 2.45) is 0 Å². The smallest absolute Gasteiger partial charge is 0.337 e. The summed E-state index contributed by atoms with van der Waals surface area (Å²) in [7, 11) is 1.57. The normalized spacial score (nSPS) is 13.7. The van der Waals surface area contributed by atoms with E-state index in [4.69, 9.17) is 14.2 Å². The Hall–Kier alpha value is -4.51. The molecule has 1 aliphatic rings. The lowest BCUT2D eigenvalue weighted by atomic mass is 9.91. The number of benzene rings is 2. The van der Waals surface area contributed by atoms with Crippen LogP contribution in [0.25, 0.3) is 16.9 Å². The Morgan fingerprint density at radius 2 is 1.98 bits per heavy atom. The second-order valence-corrected chi connectivity index (χ2v) is 11.5. The number of rotatable bonds is 8. The number of nitrogens with one attached hydrogen (secondary N) is 1. The maximum atomic E-state index is 15.5. The summed E-state index contributed by atoms with van der Waals surface area (Å²) in [6.07, 6.45) is -0.124. The SMILES string of the molecule is COc1cccc(CNC(=O)c2cc3nc(C)c([C@H](OC(C)(C)C)C(=O)O)c(-c4cc(F)c5c(c4C)CCCO5)n3n2)c1. The first kappa shape index (κ1) is 30.0. The molecule has 1 aliphatic heterocycles. The Kier molecular flexibility index (Phi) is 8.11. The number of halogens is 1. The fourth-order valence-corrected chi connectivity index (χ4v) is 5.36. The highest BCUT2D eigenvalue weighted by Gasteiger charge is 2.35. The number of ether oxygens (including phenoxy) is 3. The number of methoxy groups -OCH3 is 1. The molecule has 226 valence electrons. The predicted molar refractivity (Wildman–Crippen MR) is 157 cm³/mol. The zero-order chi connectivity index (χ0) is 31.1. The van der Waals surface area contributed by atoms with Gasteiger partial charge in [0.05, 0.1) is 25.0 Å². The average Bonchev–Trinajstić information content (AvgIpc) is 3.39. The van der Waals surface area contributed by atoms with Gasteiger partial charge in [-0.2, -0.15) is 5.10 Å². The summed E-state index contributed by atoms with van der Waals surface area (Å²) >= 11 is 0. The van der Waals surface area contributed by atoms with Crippen molar-refractivity contribution in [3.63, 3.8) is 0 Å². The molecule has 4 aromatic rings. The van der Waals surface area contributed by atoms with Gasteiger partial charge in [-0.15, -0.1) is 0 Å². The molecule has 2 aromatic heterocycles. The summed E-state index contributed by atoms with van der Waals surface area (Å²) in [6, 6.07) is 10.2. The summed E-state index contributed by atoms with van der Waals surface area (Å²) in [5.74, 6) is -1.38. The zero-order valence-electron chi connectivity index (χ0n) is 25.1. The molecule has 0 fully saturated rings. The van der Waals surface area contributed by atoms with E-state index < -0.39 is 29.4 Å². The summed E-state index contributed by atoms with van der Waals surface area (Å²) in [6.45, 7) is 9.42. The van der Waals surface area contributed by atoms with E-state index in [1.165, 1.54) is 16.6 Å². The van der Waals surface area contributed by atoms with Crippen molar-refractivity contribution in [1.82, 2.24) is 19.9 Å². The Bertz CT molecular complexity index is 1730. The number of carbonyl (C=O) groups is 2. The molecule has 0 bridgehead atoms. The third-order valence-corrected chi connectivity index (χ3v) is 7.30. The monoisotopic (exact) mass is 590 g/mol. The minimum Gasteiger partial charge on any atom is -0.497 e. The van der Waals surface area contributed by atoms with Crippen LogP contribution in [-0.2, 0) is 22.5 Å². The number of carboxylic acid groups (broad SMARTS) is 1. The highest BCUT2D eigenvalue weighted by atomic mass is 19.1. The van der Waals surface area contributed by atoms with Crippen molar-refractivity contribution >= 4 is 17.5 Å². The highest BCUT2D eigenvalue weighted by molar-refractivity contribution is 5.93. The first-order chi connectivity index (χ1) is 20.4. The van der Waals surface area contributed by atoms with Crippen LogP contribution in [0.5, 0.6) is 11.5 Å². The van der Waals surface area contributed by atoms with Gasteiger partial charge >= 0.3 is 5.97 Å². The zero-order valence-corrected chi connectivity index (χ0v) is 25.1. The first-order valence-electron chi connectivity index (χ1n) is 14.0. The molecule has 43 heavy (non-hydrogen) atoms. The Balaban J connectivity index is 1.68. The van der Waals surface area contributed by atoms with Crippen molar-refractivity contribution in [2.75, 3.05) is 13.7 Å². The number of aryl methyl sites for hydroxylation is 1. The average molecular weight is 591 g/mol. The minimum atomic E-state index is -1.45. The largest absolute Gasteiger partial charge is 0.497 e. The van der Waals surface area contributed by atoms with Gasteiger partial charge in [-0.25, -0.2) is 18.7 Å². The van der Waals surface area contributed by atoms with Crippen molar-refractivity contribution in [1.29, 1.82) is 0 Å². The molecule has 2 aromatic carbocycles. The fourth-order valence-electron chi connectivity index (χ4n) is 5.36. The maximum Gasteiger partial charge on any atom is 0.337 e. The van der Waals surface area contributed by atoms with Crippen LogP contribution in [0, 0.1) is 19.7 Å². The molecule has 0 saturated carbocycles. The van der Waals surface area contributed by atoms with Gasteiger partial charge in [0.1, 0.15) is 5.75 Å². The van der Waals surface area contributed by atoms with Gasteiger partial charge in [-0.1, -0.05) is 12.1 Å². The van der Waals surface area contributed by atoms with Crippen LogP contribution < -0.4 is 14.8 Å². The van der Waals surface area contributed by atoms with Gasteiger partial charge in [0, 0.05) is 35.0 Å². The number of aliphatic carboxylic acids is 1. The molecule has 0 unspecified atom stereocenters.